The number of nitrogens with one attached hydrogen (secondary N) is 3. The molecule has 0 spiro atoms. The van der Waals surface area contributed by atoms with Crippen LogP contribution in [0.15, 0.2) is 53.3 Å². The molecule has 10 heteroatoms. The number of carbonyl (C=O) groups is 2. The molecule has 1 aliphatic carbocycles. The van der Waals surface area contributed by atoms with Crippen LogP contribution in [0.3, 0.4) is 0 Å². The molecular formula is C38H49N3O7. The minimum absolute atomic E-state index is 0.0962. The molecule has 4 atom stereocenters. The number of aryl methyl sites for hydroxylation is 1. The lowest BCUT2D eigenvalue weighted by Gasteiger charge is -2.29. The zero-order valence-electron chi connectivity index (χ0n) is 29.5. The second kappa shape index (κ2) is 15.9. The van der Waals surface area contributed by atoms with E-state index in [2.05, 4.69) is 29.8 Å². The predicted molar refractivity (Wildman–Crippen MR) is 188 cm³/mol. The van der Waals surface area contributed by atoms with Gasteiger partial charge in [0, 0.05) is 12.5 Å². The van der Waals surface area contributed by atoms with E-state index in [0.29, 0.717) is 47.6 Å². The highest BCUT2D eigenvalue weighted by Gasteiger charge is 2.31. The van der Waals surface area contributed by atoms with Gasteiger partial charge in [0.1, 0.15) is 11.8 Å². The summed E-state index contributed by atoms with van der Waals surface area (Å²) in [6.45, 7) is 9.59. The molecule has 0 bridgehead atoms. The number of hydrogen-bond acceptors (Lipinski definition) is 8. The third-order valence-corrected chi connectivity index (χ3v) is 9.16. The lowest BCUT2D eigenvalue weighted by Crippen LogP contribution is -2.46. The zero-order valence-corrected chi connectivity index (χ0v) is 29.5. The number of fused-ring (bicyclic) bond motifs is 3. The van der Waals surface area contributed by atoms with Crippen molar-refractivity contribution in [3.63, 3.8) is 0 Å². The molecule has 0 saturated heterocycles. The standard InChI is InChI=1S/C38H49N3O7/c1-10-22(4)35(38(44)41-34(21(2)3)24-11-14-26(45-6)15-12-24)40-30-18-16-27-28(20-31(30)43)29(39-23(5)42)17-13-25-19-32(46-7)36(47-8)37(48-9)33(25)27/h11-12,14-16,18-22,29,34-35H,10,13,17H2,1-9H3,(H,39,42)(H,40,43)(H,41,44)/t22-,29+,34?,35+/m0/s1. The third kappa shape index (κ3) is 7.69. The van der Waals surface area contributed by atoms with Gasteiger partial charge in [0.2, 0.25) is 23.0 Å². The van der Waals surface area contributed by atoms with Crippen molar-refractivity contribution in [1.29, 1.82) is 0 Å². The van der Waals surface area contributed by atoms with E-state index in [-0.39, 0.29) is 40.8 Å². The lowest BCUT2D eigenvalue weighted by molar-refractivity contribution is -0.124. The van der Waals surface area contributed by atoms with E-state index in [1.807, 2.05) is 50.2 Å². The first kappa shape index (κ1) is 36.1. The summed E-state index contributed by atoms with van der Waals surface area (Å²) in [4.78, 5) is 40.4. The van der Waals surface area contributed by atoms with Crippen LogP contribution in [0, 0.1) is 11.8 Å². The molecule has 3 aromatic carbocycles. The van der Waals surface area contributed by atoms with Gasteiger partial charge in [-0.3, -0.25) is 14.4 Å². The van der Waals surface area contributed by atoms with Crippen molar-refractivity contribution in [1.82, 2.24) is 10.6 Å². The van der Waals surface area contributed by atoms with Crippen LogP contribution in [0.2, 0.25) is 0 Å². The fourth-order valence-corrected chi connectivity index (χ4v) is 6.39. The normalized spacial score (nSPS) is 15.5. The van der Waals surface area contributed by atoms with Gasteiger partial charge >= 0.3 is 0 Å². The first-order valence-corrected chi connectivity index (χ1v) is 16.5. The maximum absolute atomic E-state index is 14.0. The Morgan fingerprint density at radius 2 is 1.58 bits per heavy atom. The maximum Gasteiger partial charge on any atom is 0.243 e. The highest BCUT2D eigenvalue weighted by Crippen LogP contribution is 2.50. The molecule has 1 aliphatic rings. The molecular weight excluding hydrogens is 610 g/mol. The Labute approximate surface area is 283 Å². The van der Waals surface area contributed by atoms with Crippen LogP contribution in [0.1, 0.15) is 76.2 Å². The van der Waals surface area contributed by atoms with Crippen molar-refractivity contribution in [2.45, 2.75) is 72.0 Å². The van der Waals surface area contributed by atoms with E-state index in [1.165, 1.54) is 6.92 Å². The molecule has 3 aromatic rings. The molecule has 0 fully saturated rings. The average Bonchev–Trinajstić information content (AvgIpc) is 3.32. The van der Waals surface area contributed by atoms with E-state index >= 15 is 0 Å². The van der Waals surface area contributed by atoms with Crippen LogP contribution >= 0.6 is 0 Å². The first-order chi connectivity index (χ1) is 23.0. The summed E-state index contributed by atoms with van der Waals surface area (Å²) >= 11 is 0. The fraction of sp³-hybridized carbons (Fsp3) is 0.447. The van der Waals surface area contributed by atoms with Crippen molar-refractivity contribution in [3.05, 3.63) is 75.4 Å². The van der Waals surface area contributed by atoms with Crippen LogP contribution in [-0.4, -0.2) is 46.3 Å². The van der Waals surface area contributed by atoms with E-state index < -0.39 is 12.1 Å². The van der Waals surface area contributed by atoms with E-state index in [0.717, 1.165) is 22.4 Å². The molecule has 4 rings (SSSR count). The van der Waals surface area contributed by atoms with Crippen LogP contribution in [0.4, 0.5) is 5.69 Å². The van der Waals surface area contributed by atoms with Gasteiger partial charge in [0.05, 0.1) is 46.2 Å². The van der Waals surface area contributed by atoms with E-state index in [4.69, 9.17) is 18.9 Å². The number of hydrogen-bond donors (Lipinski definition) is 3. The van der Waals surface area contributed by atoms with Gasteiger partial charge in [-0.05, 0) is 77.3 Å². The Bertz CT molecular complexity index is 1670. The summed E-state index contributed by atoms with van der Waals surface area (Å²) in [6, 6.07) is 13.3. The maximum atomic E-state index is 14.0. The number of rotatable bonds is 13. The van der Waals surface area contributed by atoms with Crippen molar-refractivity contribution in [3.8, 4) is 34.1 Å². The minimum Gasteiger partial charge on any atom is -0.497 e. The number of amides is 2. The molecule has 0 saturated carbocycles. The van der Waals surface area contributed by atoms with E-state index in [1.54, 1.807) is 40.6 Å². The highest BCUT2D eigenvalue weighted by atomic mass is 16.5. The molecule has 3 N–H and O–H groups in total. The molecule has 258 valence electrons. The summed E-state index contributed by atoms with van der Waals surface area (Å²) in [7, 11) is 6.30. The van der Waals surface area contributed by atoms with Gasteiger partial charge in [0.25, 0.3) is 0 Å². The van der Waals surface area contributed by atoms with Crippen LogP contribution in [0.25, 0.3) is 11.1 Å². The summed E-state index contributed by atoms with van der Waals surface area (Å²) in [5.74, 6) is 1.77. The Morgan fingerprint density at radius 3 is 2.15 bits per heavy atom. The Balaban J connectivity index is 1.81. The van der Waals surface area contributed by atoms with Crippen LogP contribution < -0.4 is 40.3 Å². The molecule has 0 aliphatic heterocycles. The molecule has 1 unspecified atom stereocenters. The third-order valence-electron chi connectivity index (χ3n) is 9.16. The van der Waals surface area contributed by atoms with Gasteiger partial charge in [-0.15, -0.1) is 0 Å². The largest absolute Gasteiger partial charge is 0.497 e. The van der Waals surface area contributed by atoms with Gasteiger partial charge < -0.3 is 34.9 Å². The van der Waals surface area contributed by atoms with Crippen molar-refractivity contribution in [2.75, 3.05) is 33.8 Å². The average molecular weight is 660 g/mol. The van der Waals surface area contributed by atoms with Gasteiger partial charge in [0.15, 0.2) is 11.5 Å². The number of methoxy groups -OCH3 is 4. The smallest absolute Gasteiger partial charge is 0.243 e. The second-order valence-electron chi connectivity index (χ2n) is 12.6. The van der Waals surface area contributed by atoms with Gasteiger partial charge in [-0.2, -0.15) is 0 Å². The zero-order chi connectivity index (χ0) is 35.1. The summed E-state index contributed by atoms with van der Waals surface area (Å²) in [6.07, 6.45) is 1.85. The molecule has 0 radical (unpaired) electrons. The number of anilines is 1. The number of carbonyl (C=O) groups excluding carboxylic acids is 2. The molecule has 0 heterocycles. The fourth-order valence-electron chi connectivity index (χ4n) is 6.39. The first-order valence-electron chi connectivity index (χ1n) is 16.5. The Kier molecular flexibility index (Phi) is 12.0. The summed E-state index contributed by atoms with van der Waals surface area (Å²) in [5, 5.41) is 9.59. The van der Waals surface area contributed by atoms with Crippen molar-refractivity contribution >= 4 is 17.5 Å². The summed E-state index contributed by atoms with van der Waals surface area (Å²) < 4.78 is 22.5. The van der Waals surface area contributed by atoms with Crippen LogP contribution in [-0.2, 0) is 16.0 Å². The van der Waals surface area contributed by atoms with Gasteiger partial charge in [-0.1, -0.05) is 52.3 Å². The number of ether oxygens (including phenoxy) is 4. The highest BCUT2D eigenvalue weighted by molar-refractivity contribution is 5.86. The molecule has 0 aromatic heterocycles. The van der Waals surface area contributed by atoms with Crippen molar-refractivity contribution < 1.29 is 28.5 Å². The lowest BCUT2D eigenvalue weighted by atomic mass is 9.93. The van der Waals surface area contributed by atoms with Gasteiger partial charge in [-0.25, -0.2) is 0 Å². The Hall–Kier alpha value is -4.73. The second-order valence-corrected chi connectivity index (χ2v) is 12.6. The quantitative estimate of drug-likeness (QED) is 0.198. The molecule has 48 heavy (non-hydrogen) atoms. The topological polar surface area (TPSA) is 124 Å². The summed E-state index contributed by atoms with van der Waals surface area (Å²) in [5.41, 5.74) is 3.99. The van der Waals surface area contributed by atoms with Crippen molar-refractivity contribution in [2.24, 2.45) is 11.8 Å². The monoisotopic (exact) mass is 659 g/mol. The van der Waals surface area contributed by atoms with Crippen LogP contribution in [0.5, 0.6) is 23.0 Å². The number of benzene rings is 2. The molecule has 2 amide bonds. The SMILES string of the molecule is CC[C@H](C)[C@@H](Nc1ccc2c(cc1=O)[C@H](NC(C)=O)CCc1cc(OC)c(OC)c(OC)c1-2)C(=O)NC(c1ccc(OC)cc1)C(C)C. The predicted octanol–water partition coefficient (Wildman–Crippen LogP) is 6.21. The Morgan fingerprint density at radius 1 is 0.896 bits per heavy atom. The molecule has 10 nitrogen and oxygen atoms in total. The van der Waals surface area contributed by atoms with E-state index in [9.17, 15) is 14.4 Å². The minimum atomic E-state index is -0.693.